The molecule has 0 aliphatic rings. The number of thioether (sulfide) groups is 1. The van der Waals surface area contributed by atoms with Gasteiger partial charge in [-0.1, -0.05) is 13.3 Å². The lowest BCUT2D eigenvalue weighted by atomic mass is 10.2. The molecule has 0 aliphatic heterocycles. The van der Waals surface area contributed by atoms with Crippen LogP contribution in [0.2, 0.25) is 0 Å². The lowest BCUT2D eigenvalue weighted by molar-refractivity contribution is 0.0951. The van der Waals surface area contributed by atoms with E-state index in [9.17, 15) is 4.79 Å². The van der Waals surface area contributed by atoms with E-state index in [1.807, 2.05) is 13.2 Å². The van der Waals surface area contributed by atoms with E-state index in [-0.39, 0.29) is 11.9 Å². The highest BCUT2D eigenvalue weighted by molar-refractivity contribution is 7.98. The van der Waals surface area contributed by atoms with E-state index in [0.717, 1.165) is 18.6 Å². The van der Waals surface area contributed by atoms with Gasteiger partial charge in [0.2, 0.25) is 5.89 Å². The van der Waals surface area contributed by atoms with Crippen molar-refractivity contribution in [3.8, 4) is 0 Å². The Morgan fingerprint density at radius 2 is 2.47 bits per heavy atom. The van der Waals surface area contributed by atoms with Gasteiger partial charge in [0.25, 0.3) is 5.91 Å². The van der Waals surface area contributed by atoms with Crippen molar-refractivity contribution >= 4 is 17.7 Å². The maximum absolute atomic E-state index is 11.6. The van der Waals surface area contributed by atoms with Gasteiger partial charge in [0.1, 0.15) is 6.26 Å². The number of nitrogens with two attached hydrogens (primary N) is 1. The SMILES string of the molecule is CCCC(N)c1nc(C(=O)NCCSC)co1. The van der Waals surface area contributed by atoms with Crippen LogP contribution in [0.5, 0.6) is 0 Å². The molecule has 1 heterocycles. The van der Waals surface area contributed by atoms with Crippen molar-refractivity contribution in [3.05, 3.63) is 17.8 Å². The van der Waals surface area contributed by atoms with Crippen LogP contribution in [-0.4, -0.2) is 29.4 Å². The third-order valence-corrected chi connectivity index (χ3v) is 2.88. The lowest BCUT2D eigenvalue weighted by Crippen LogP contribution is -2.26. The van der Waals surface area contributed by atoms with Gasteiger partial charge >= 0.3 is 0 Å². The minimum absolute atomic E-state index is 0.210. The highest BCUT2D eigenvalue weighted by Gasteiger charge is 2.15. The van der Waals surface area contributed by atoms with Crippen LogP contribution in [0.1, 0.15) is 42.2 Å². The molecule has 1 rings (SSSR count). The Hall–Kier alpha value is -1.01. The number of nitrogens with one attached hydrogen (secondary N) is 1. The molecule has 1 aromatic rings. The maximum atomic E-state index is 11.6. The first-order chi connectivity index (χ1) is 8.19. The van der Waals surface area contributed by atoms with Gasteiger partial charge in [0.15, 0.2) is 5.69 Å². The molecule has 0 aliphatic carbocycles. The molecular weight excluding hydrogens is 238 g/mol. The summed E-state index contributed by atoms with van der Waals surface area (Å²) < 4.78 is 5.20. The molecule has 0 spiro atoms. The van der Waals surface area contributed by atoms with Crippen molar-refractivity contribution in [3.63, 3.8) is 0 Å². The van der Waals surface area contributed by atoms with Crippen LogP contribution in [0.25, 0.3) is 0 Å². The van der Waals surface area contributed by atoms with Gasteiger partial charge in [-0.15, -0.1) is 0 Å². The van der Waals surface area contributed by atoms with Crippen molar-refractivity contribution in [2.45, 2.75) is 25.8 Å². The van der Waals surface area contributed by atoms with Gasteiger partial charge in [0, 0.05) is 12.3 Å². The molecule has 0 saturated heterocycles. The second kappa shape index (κ2) is 7.34. The Morgan fingerprint density at radius 3 is 3.12 bits per heavy atom. The second-order valence-corrected chi connectivity index (χ2v) is 4.70. The topological polar surface area (TPSA) is 81.1 Å². The molecule has 0 aromatic carbocycles. The first-order valence-electron chi connectivity index (χ1n) is 5.67. The molecule has 96 valence electrons. The van der Waals surface area contributed by atoms with Crippen molar-refractivity contribution < 1.29 is 9.21 Å². The van der Waals surface area contributed by atoms with Crippen LogP contribution in [0.3, 0.4) is 0 Å². The number of hydrogen-bond acceptors (Lipinski definition) is 5. The van der Waals surface area contributed by atoms with E-state index >= 15 is 0 Å². The van der Waals surface area contributed by atoms with Crippen LogP contribution >= 0.6 is 11.8 Å². The van der Waals surface area contributed by atoms with E-state index in [2.05, 4.69) is 10.3 Å². The summed E-state index contributed by atoms with van der Waals surface area (Å²) in [6.45, 7) is 2.67. The Morgan fingerprint density at radius 1 is 1.71 bits per heavy atom. The molecule has 1 unspecified atom stereocenters. The Kier molecular flexibility index (Phi) is 6.07. The van der Waals surface area contributed by atoms with Gasteiger partial charge < -0.3 is 15.5 Å². The fourth-order valence-corrected chi connectivity index (χ4v) is 1.66. The molecule has 1 amide bonds. The lowest BCUT2D eigenvalue weighted by Gasteiger charge is -2.03. The van der Waals surface area contributed by atoms with E-state index in [4.69, 9.17) is 10.2 Å². The van der Waals surface area contributed by atoms with Crippen LogP contribution in [0.4, 0.5) is 0 Å². The average Bonchev–Trinajstić information content (AvgIpc) is 2.79. The molecule has 1 aromatic heterocycles. The first kappa shape index (κ1) is 14.1. The normalized spacial score (nSPS) is 12.4. The maximum Gasteiger partial charge on any atom is 0.273 e. The van der Waals surface area contributed by atoms with Crippen LogP contribution in [-0.2, 0) is 0 Å². The molecule has 0 radical (unpaired) electrons. The number of hydrogen-bond donors (Lipinski definition) is 2. The molecule has 5 nitrogen and oxygen atoms in total. The molecule has 6 heteroatoms. The third kappa shape index (κ3) is 4.40. The molecular formula is C11H19N3O2S. The van der Waals surface area contributed by atoms with Gasteiger partial charge in [-0.05, 0) is 12.7 Å². The predicted octanol–water partition coefficient (Wildman–Crippen LogP) is 1.57. The summed E-state index contributed by atoms with van der Waals surface area (Å²) in [4.78, 5) is 15.7. The summed E-state index contributed by atoms with van der Waals surface area (Å²) in [6, 6.07) is -0.229. The monoisotopic (exact) mass is 257 g/mol. The van der Waals surface area contributed by atoms with E-state index < -0.39 is 0 Å². The molecule has 0 fully saturated rings. The number of nitrogens with zero attached hydrogens (tertiary/aromatic N) is 1. The Bertz CT molecular complexity index is 354. The third-order valence-electron chi connectivity index (χ3n) is 2.26. The van der Waals surface area contributed by atoms with Gasteiger partial charge in [-0.3, -0.25) is 4.79 Å². The van der Waals surface area contributed by atoms with Crippen molar-refractivity contribution in [2.75, 3.05) is 18.6 Å². The quantitative estimate of drug-likeness (QED) is 0.725. The average molecular weight is 257 g/mol. The van der Waals surface area contributed by atoms with E-state index in [1.165, 1.54) is 6.26 Å². The van der Waals surface area contributed by atoms with Crippen molar-refractivity contribution in [2.24, 2.45) is 5.73 Å². The predicted molar refractivity (Wildman–Crippen MR) is 69.1 cm³/mol. The number of carbonyl (C=O) groups excluding carboxylic acids is 1. The fourth-order valence-electron chi connectivity index (χ4n) is 1.35. The molecule has 0 bridgehead atoms. The van der Waals surface area contributed by atoms with E-state index in [1.54, 1.807) is 11.8 Å². The number of aromatic nitrogens is 1. The molecule has 3 N–H and O–H groups in total. The highest BCUT2D eigenvalue weighted by Crippen LogP contribution is 2.14. The summed E-state index contributed by atoms with van der Waals surface area (Å²) in [6.07, 6.45) is 5.11. The van der Waals surface area contributed by atoms with Gasteiger partial charge in [-0.25, -0.2) is 4.98 Å². The van der Waals surface area contributed by atoms with Crippen LogP contribution < -0.4 is 11.1 Å². The number of rotatable bonds is 7. The zero-order valence-corrected chi connectivity index (χ0v) is 11.0. The molecule has 1 atom stereocenters. The second-order valence-electron chi connectivity index (χ2n) is 3.71. The van der Waals surface area contributed by atoms with Crippen LogP contribution in [0, 0.1) is 0 Å². The standard InChI is InChI=1S/C11H19N3O2S/c1-3-4-8(12)11-14-9(7-16-11)10(15)13-5-6-17-2/h7-8H,3-6,12H2,1-2H3,(H,13,15). The first-order valence-corrected chi connectivity index (χ1v) is 7.06. The summed E-state index contributed by atoms with van der Waals surface area (Å²) in [5.74, 6) is 1.10. The number of carbonyl (C=O) groups is 1. The summed E-state index contributed by atoms with van der Waals surface area (Å²) in [7, 11) is 0. The smallest absolute Gasteiger partial charge is 0.273 e. The zero-order chi connectivity index (χ0) is 12.7. The number of amides is 1. The summed E-state index contributed by atoms with van der Waals surface area (Å²) in [5.41, 5.74) is 6.15. The molecule has 0 saturated carbocycles. The number of oxazole rings is 1. The molecule has 17 heavy (non-hydrogen) atoms. The van der Waals surface area contributed by atoms with Crippen molar-refractivity contribution in [1.82, 2.24) is 10.3 Å². The fraction of sp³-hybridized carbons (Fsp3) is 0.636. The van der Waals surface area contributed by atoms with E-state index in [0.29, 0.717) is 18.1 Å². The zero-order valence-electron chi connectivity index (χ0n) is 10.2. The Labute approximate surface area is 106 Å². The minimum atomic E-state index is -0.229. The largest absolute Gasteiger partial charge is 0.446 e. The Balaban J connectivity index is 2.52. The highest BCUT2D eigenvalue weighted by atomic mass is 32.2. The minimum Gasteiger partial charge on any atom is -0.446 e. The van der Waals surface area contributed by atoms with Crippen molar-refractivity contribution in [1.29, 1.82) is 0 Å². The summed E-state index contributed by atoms with van der Waals surface area (Å²) in [5, 5.41) is 2.76. The van der Waals surface area contributed by atoms with Gasteiger partial charge in [-0.2, -0.15) is 11.8 Å². The van der Waals surface area contributed by atoms with Crippen LogP contribution in [0.15, 0.2) is 10.7 Å². The summed E-state index contributed by atoms with van der Waals surface area (Å²) >= 11 is 1.68. The van der Waals surface area contributed by atoms with Gasteiger partial charge in [0.05, 0.1) is 6.04 Å².